The molecule has 0 saturated carbocycles. The van der Waals surface area contributed by atoms with Crippen LogP contribution in [0.3, 0.4) is 0 Å². The van der Waals surface area contributed by atoms with Crippen LogP contribution in [0.5, 0.6) is 5.75 Å². The van der Waals surface area contributed by atoms with Crippen molar-refractivity contribution in [1.82, 2.24) is 4.90 Å². The lowest BCUT2D eigenvalue weighted by Gasteiger charge is -2.21. The number of amides is 1. The summed E-state index contributed by atoms with van der Waals surface area (Å²) >= 11 is 4.86. The van der Waals surface area contributed by atoms with E-state index >= 15 is 0 Å². The summed E-state index contributed by atoms with van der Waals surface area (Å²) in [6.07, 6.45) is 0. The maximum atomic E-state index is 12.0. The molecule has 0 aliphatic carbocycles. The number of phenolic OH excluding ortho intramolecular Hbond substituents is 1. The van der Waals surface area contributed by atoms with Crippen LogP contribution in [0.1, 0.15) is 17.3 Å². The number of nitrogens with zero attached hydrogens (tertiary/aromatic N) is 1. The molecule has 5 heteroatoms. The predicted octanol–water partition coefficient (Wildman–Crippen LogP) is 1.39. The van der Waals surface area contributed by atoms with E-state index in [4.69, 9.17) is 18.0 Å². The molecule has 92 valence electrons. The minimum absolute atomic E-state index is 0.0312. The average molecular weight is 252 g/mol. The molecule has 0 aliphatic heterocycles. The molecule has 1 aromatic carbocycles. The van der Waals surface area contributed by atoms with Crippen LogP contribution in [0.2, 0.25) is 0 Å². The molecule has 3 N–H and O–H groups in total. The Kier molecular flexibility index (Phi) is 4.45. The van der Waals surface area contributed by atoms with E-state index in [1.807, 2.05) is 6.92 Å². The fourth-order valence-corrected chi connectivity index (χ4v) is 1.52. The second kappa shape index (κ2) is 5.63. The highest BCUT2D eigenvalue weighted by molar-refractivity contribution is 7.80. The van der Waals surface area contributed by atoms with Crippen molar-refractivity contribution >= 4 is 23.1 Å². The summed E-state index contributed by atoms with van der Waals surface area (Å²) in [5.41, 5.74) is 5.95. The lowest BCUT2D eigenvalue weighted by Crippen LogP contribution is -2.35. The first-order valence-electron chi connectivity index (χ1n) is 5.25. The van der Waals surface area contributed by atoms with Gasteiger partial charge in [0.2, 0.25) is 0 Å². The zero-order valence-electron chi connectivity index (χ0n) is 9.88. The van der Waals surface area contributed by atoms with E-state index in [-0.39, 0.29) is 17.6 Å². The summed E-state index contributed by atoms with van der Waals surface area (Å²) in [5.74, 6) is -0.119. The molecule has 0 radical (unpaired) electrons. The van der Waals surface area contributed by atoms with E-state index in [0.29, 0.717) is 17.1 Å². The van der Waals surface area contributed by atoms with E-state index in [9.17, 15) is 9.90 Å². The van der Waals surface area contributed by atoms with Gasteiger partial charge in [0.15, 0.2) is 0 Å². The summed E-state index contributed by atoms with van der Waals surface area (Å²) in [5, 5.41) is 9.30. The maximum Gasteiger partial charge on any atom is 0.253 e. The molecular weight excluding hydrogens is 236 g/mol. The number of aromatic hydroxyl groups is 1. The van der Waals surface area contributed by atoms with Crippen molar-refractivity contribution in [2.24, 2.45) is 11.7 Å². The van der Waals surface area contributed by atoms with Gasteiger partial charge in [-0.1, -0.05) is 25.2 Å². The Morgan fingerprint density at radius 2 is 2.24 bits per heavy atom. The summed E-state index contributed by atoms with van der Waals surface area (Å²) in [6, 6.07) is 6.25. The molecule has 1 atom stereocenters. The molecule has 0 aliphatic rings. The number of carbonyl (C=O) groups is 1. The molecule has 1 amide bonds. The third-order valence-corrected chi connectivity index (χ3v) is 2.88. The summed E-state index contributed by atoms with van der Waals surface area (Å²) < 4.78 is 0. The van der Waals surface area contributed by atoms with Gasteiger partial charge in [0.05, 0.1) is 4.99 Å². The highest BCUT2D eigenvalue weighted by atomic mass is 32.1. The number of thiocarbonyl (C=S) groups is 1. The molecule has 0 saturated heterocycles. The first-order valence-corrected chi connectivity index (χ1v) is 5.66. The fraction of sp³-hybridized carbons (Fsp3) is 0.333. The minimum atomic E-state index is -0.163. The van der Waals surface area contributed by atoms with E-state index in [1.165, 1.54) is 12.1 Å². The van der Waals surface area contributed by atoms with Crippen molar-refractivity contribution in [1.29, 1.82) is 0 Å². The van der Waals surface area contributed by atoms with Crippen molar-refractivity contribution in [3.05, 3.63) is 29.8 Å². The van der Waals surface area contributed by atoms with Crippen LogP contribution in [0.25, 0.3) is 0 Å². The number of phenols is 1. The molecule has 1 rings (SSSR count). The van der Waals surface area contributed by atoms with Crippen molar-refractivity contribution < 1.29 is 9.90 Å². The first-order chi connectivity index (χ1) is 7.91. The summed E-state index contributed by atoms with van der Waals surface area (Å²) in [4.78, 5) is 13.9. The number of rotatable bonds is 4. The van der Waals surface area contributed by atoms with Gasteiger partial charge in [-0.05, 0) is 18.2 Å². The molecule has 0 aromatic heterocycles. The first kappa shape index (κ1) is 13.4. The highest BCUT2D eigenvalue weighted by Crippen LogP contribution is 2.13. The van der Waals surface area contributed by atoms with Gasteiger partial charge in [0, 0.05) is 25.1 Å². The van der Waals surface area contributed by atoms with Crippen molar-refractivity contribution in [3.63, 3.8) is 0 Å². The molecule has 0 fully saturated rings. The standard InChI is InChI=1S/C12H16N2O2S/c1-8(11(13)17)7-14(2)12(16)9-4-3-5-10(15)6-9/h3-6,8,15H,7H2,1-2H3,(H2,13,17). The Hall–Kier alpha value is -1.62. The van der Waals surface area contributed by atoms with Crippen molar-refractivity contribution in [3.8, 4) is 5.75 Å². The molecule has 4 nitrogen and oxygen atoms in total. The van der Waals surface area contributed by atoms with Gasteiger partial charge in [-0.15, -0.1) is 0 Å². The van der Waals surface area contributed by atoms with Crippen LogP contribution in [0.4, 0.5) is 0 Å². The maximum absolute atomic E-state index is 12.0. The third-order valence-electron chi connectivity index (χ3n) is 2.47. The van der Waals surface area contributed by atoms with Gasteiger partial charge in [-0.25, -0.2) is 0 Å². The van der Waals surface area contributed by atoms with E-state index < -0.39 is 0 Å². The smallest absolute Gasteiger partial charge is 0.253 e. The summed E-state index contributed by atoms with van der Waals surface area (Å²) in [6.45, 7) is 2.33. The monoisotopic (exact) mass is 252 g/mol. The van der Waals surface area contributed by atoms with Crippen molar-refractivity contribution in [2.45, 2.75) is 6.92 Å². The van der Waals surface area contributed by atoms with E-state index in [2.05, 4.69) is 0 Å². The zero-order valence-corrected chi connectivity index (χ0v) is 10.7. The van der Waals surface area contributed by atoms with Crippen LogP contribution in [-0.4, -0.2) is 34.5 Å². The quantitative estimate of drug-likeness (QED) is 0.795. The van der Waals surface area contributed by atoms with E-state index in [1.54, 1.807) is 24.1 Å². The zero-order chi connectivity index (χ0) is 13.0. The van der Waals surface area contributed by atoms with Gasteiger partial charge in [0.1, 0.15) is 5.75 Å². The Labute approximate surface area is 106 Å². The van der Waals surface area contributed by atoms with Gasteiger partial charge < -0.3 is 15.7 Å². The van der Waals surface area contributed by atoms with Crippen LogP contribution < -0.4 is 5.73 Å². The second-order valence-corrected chi connectivity index (χ2v) is 4.51. The number of hydrogen-bond acceptors (Lipinski definition) is 3. The number of nitrogens with two attached hydrogens (primary N) is 1. The minimum Gasteiger partial charge on any atom is -0.508 e. The van der Waals surface area contributed by atoms with Crippen LogP contribution in [0, 0.1) is 5.92 Å². The molecule has 1 aromatic rings. The highest BCUT2D eigenvalue weighted by Gasteiger charge is 2.15. The molecule has 1 unspecified atom stereocenters. The Balaban J connectivity index is 2.73. The Morgan fingerprint density at radius 1 is 1.59 bits per heavy atom. The Bertz CT molecular complexity index is 434. The Morgan fingerprint density at radius 3 is 2.76 bits per heavy atom. The number of carbonyl (C=O) groups excluding carboxylic acids is 1. The molecular formula is C12H16N2O2S. The van der Waals surface area contributed by atoms with E-state index in [0.717, 1.165) is 0 Å². The number of benzene rings is 1. The third kappa shape index (κ3) is 3.71. The van der Waals surface area contributed by atoms with Gasteiger partial charge >= 0.3 is 0 Å². The topological polar surface area (TPSA) is 66.6 Å². The predicted molar refractivity (Wildman–Crippen MR) is 71.0 cm³/mol. The van der Waals surface area contributed by atoms with Gasteiger partial charge in [0.25, 0.3) is 5.91 Å². The van der Waals surface area contributed by atoms with Gasteiger partial charge in [-0.3, -0.25) is 4.79 Å². The number of hydrogen-bond donors (Lipinski definition) is 2. The summed E-state index contributed by atoms with van der Waals surface area (Å²) in [7, 11) is 1.68. The molecule has 0 bridgehead atoms. The molecule has 0 heterocycles. The lowest BCUT2D eigenvalue weighted by molar-refractivity contribution is 0.0786. The fourth-order valence-electron chi connectivity index (χ4n) is 1.44. The van der Waals surface area contributed by atoms with Gasteiger partial charge in [-0.2, -0.15) is 0 Å². The van der Waals surface area contributed by atoms with Crippen LogP contribution >= 0.6 is 12.2 Å². The van der Waals surface area contributed by atoms with Crippen LogP contribution in [0.15, 0.2) is 24.3 Å². The van der Waals surface area contributed by atoms with Crippen LogP contribution in [-0.2, 0) is 0 Å². The average Bonchev–Trinajstić information content (AvgIpc) is 2.27. The largest absolute Gasteiger partial charge is 0.508 e. The normalized spacial score (nSPS) is 11.9. The second-order valence-electron chi connectivity index (χ2n) is 4.04. The lowest BCUT2D eigenvalue weighted by atomic mass is 10.1. The molecule has 0 spiro atoms. The van der Waals surface area contributed by atoms with Crippen molar-refractivity contribution in [2.75, 3.05) is 13.6 Å². The SMILES string of the molecule is CC(CN(C)C(=O)c1cccc(O)c1)C(N)=S. The molecule has 17 heavy (non-hydrogen) atoms.